The highest BCUT2D eigenvalue weighted by Crippen LogP contribution is 2.39. The molecule has 0 atom stereocenters. The second-order valence-electron chi connectivity index (χ2n) is 6.44. The monoisotopic (exact) mass is 322 g/mol. The fourth-order valence-corrected chi connectivity index (χ4v) is 4.79. The molecule has 3 aromatic rings. The third-order valence-corrected chi connectivity index (χ3v) is 6.03. The molecule has 2 aromatic heterocycles. The van der Waals surface area contributed by atoms with Crippen LogP contribution in [0.4, 0.5) is 0 Å². The second-order valence-corrected chi connectivity index (χ2v) is 7.73. The number of pyridine rings is 1. The highest BCUT2D eigenvalue weighted by Gasteiger charge is 2.21. The first-order valence-corrected chi connectivity index (χ1v) is 9.40. The molecule has 2 nitrogen and oxygen atoms in total. The Balaban J connectivity index is 1.81. The van der Waals surface area contributed by atoms with Gasteiger partial charge in [-0.05, 0) is 37.5 Å². The van der Waals surface area contributed by atoms with Gasteiger partial charge in [-0.2, -0.15) is 0 Å². The molecule has 2 heterocycles. The molecule has 23 heavy (non-hydrogen) atoms. The van der Waals surface area contributed by atoms with Crippen molar-refractivity contribution in [1.82, 2.24) is 9.38 Å². The summed E-state index contributed by atoms with van der Waals surface area (Å²) in [6.45, 7) is 2.13. The molecule has 3 heteroatoms. The molecule has 118 valence electrons. The summed E-state index contributed by atoms with van der Waals surface area (Å²) in [6, 6.07) is 14.9. The molecule has 4 rings (SSSR count). The third-order valence-electron chi connectivity index (χ3n) is 4.62. The summed E-state index contributed by atoms with van der Waals surface area (Å²) in [5.74, 6) is 0. The zero-order chi connectivity index (χ0) is 15.6. The first kappa shape index (κ1) is 14.8. The Bertz CT molecular complexity index is 801. The fraction of sp³-hybridized carbons (Fsp3) is 0.350. The van der Waals surface area contributed by atoms with Crippen molar-refractivity contribution in [2.75, 3.05) is 0 Å². The van der Waals surface area contributed by atoms with E-state index in [0.717, 1.165) is 16.6 Å². The third kappa shape index (κ3) is 3.02. The molecule has 0 spiro atoms. The van der Waals surface area contributed by atoms with Crippen LogP contribution in [0.5, 0.6) is 0 Å². The molecular formula is C20H22N2S. The molecule has 0 bridgehead atoms. The summed E-state index contributed by atoms with van der Waals surface area (Å²) in [5.41, 5.74) is 4.66. The van der Waals surface area contributed by atoms with E-state index < -0.39 is 0 Å². The maximum atomic E-state index is 4.95. The normalized spacial score (nSPS) is 16.0. The fourth-order valence-electron chi connectivity index (χ4n) is 3.36. The number of benzene rings is 1. The van der Waals surface area contributed by atoms with Crippen LogP contribution in [-0.2, 0) is 0 Å². The molecule has 0 aliphatic heterocycles. The minimum absolute atomic E-state index is 0.729. The summed E-state index contributed by atoms with van der Waals surface area (Å²) in [5, 5.41) is 2.03. The number of fused-ring (bicyclic) bond motifs is 1. The molecule has 0 radical (unpaired) electrons. The number of imidazole rings is 1. The van der Waals surface area contributed by atoms with Gasteiger partial charge in [0.1, 0.15) is 16.4 Å². The van der Waals surface area contributed by atoms with Gasteiger partial charge in [0.2, 0.25) is 0 Å². The Morgan fingerprint density at radius 3 is 2.61 bits per heavy atom. The van der Waals surface area contributed by atoms with Crippen LogP contribution in [0.3, 0.4) is 0 Å². The van der Waals surface area contributed by atoms with E-state index in [1.54, 1.807) is 0 Å². The average Bonchev–Trinajstić information content (AvgIpc) is 2.94. The molecule has 0 saturated heterocycles. The molecule has 0 amide bonds. The standard InChI is InChI=1S/C20H22N2S/c1-15-12-13-22-18(14-15)21-19(16-8-4-2-5-9-16)20(22)23-17-10-6-3-7-11-17/h2,4-5,8-9,12-14,17H,3,6-7,10-11H2,1H3. The largest absolute Gasteiger partial charge is 0.294 e. The Morgan fingerprint density at radius 1 is 1.04 bits per heavy atom. The lowest BCUT2D eigenvalue weighted by atomic mass is 10.0. The van der Waals surface area contributed by atoms with Gasteiger partial charge < -0.3 is 0 Å². The van der Waals surface area contributed by atoms with E-state index in [2.05, 4.69) is 60.0 Å². The Hall–Kier alpha value is -1.74. The second kappa shape index (κ2) is 6.40. The highest BCUT2D eigenvalue weighted by molar-refractivity contribution is 8.00. The topological polar surface area (TPSA) is 17.3 Å². The van der Waals surface area contributed by atoms with Crippen molar-refractivity contribution < 1.29 is 0 Å². The number of thioether (sulfide) groups is 1. The number of nitrogens with zero attached hydrogens (tertiary/aromatic N) is 2. The minimum Gasteiger partial charge on any atom is -0.294 e. The predicted molar refractivity (Wildman–Crippen MR) is 98.1 cm³/mol. The summed E-state index contributed by atoms with van der Waals surface area (Å²) < 4.78 is 2.27. The van der Waals surface area contributed by atoms with Crippen LogP contribution >= 0.6 is 11.8 Å². The molecular weight excluding hydrogens is 300 g/mol. The van der Waals surface area contributed by atoms with E-state index in [4.69, 9.17) is 4.98 Å². The van der Waals surface area contributed by atoms with Crippen molar-refractivity contribution in [1.29, 1.82) is 0 Å². The van der Waals surface area contributed by atoms with Crippen molar-refractivity contribution in [3.05, 3.63) is 54.2 Å². The molecule has 1 aromatic carbocycles. The number of aromatic nitrogens is 2. The number of hydrogen-bond donors (Lipinski definition) is 0. The molecule has 1 fully saturated rings. The van der Waals surface area contributed by atoms with Gasteiger partial charge in [-0.3, -0.25) is 4.40 Å². The molecule has 1 aliphatic carbocycles. The lowest BCUT2D eigenvalue weighted by Gasteiger charge is -2.21. The van der Waals surface area contributed by atoms with E-state index in [9.17, 15) is 0 Å². The van der Waals surface area contributed by atoms with E-state index in [1.165, 1.54) is 48.3 Å². The van der Waals surface area contributed by atoms with Gasteiger partial charge in [-0.25, -0.2) is 4.98 Å². The number of rotatable bonds is 3. The first-order chi connectivity index (χ1) is 11.3. The molecule has 1 saturated carbocycles. The van der Waals surface area contributed by atoms with Crippen LogP contribution in [-0.4, -0.2) is 14.6 Å². The average molecular weight is 322 g/mol. The van der Waals surface area contributed by atoms with Gasteiger partial charge in [0.15, 0.2) is 0 Å². The smallest absolute Gasteiger partial charge is 0.138 e. The Morgan fingerprint density at radius 2 is 1.83 bits per heavy atom. The van der Waals surface area contributed by atoms with E-state index in [-0.39, 0.29) is 0 Å². The van der Waals surface area contributed by atoms with Crippen molar-refractivity contribution in [2.24, 2.45) is 0 Å². The van der Waals surface area contributed by atoms with Crippen LogP contribution in [0.2, 0.25) is 0 Å². The Kier molecular flexibility index (Phi) is 4.13. The number of hydrogen-bond acceptors (Lipinski definition) is 2. The van der Waals surface area contributed by atoms with Gasteiger partial charge in [0.25, 0.3) is 0 Å². The SMILES string of the molecule is Cc1ccn2c(SC3CCCCC3)c(-c3ccccc3)nc2c1. The Labute approximate surface area is 141 Å². The van der Waals surface area contributed by atoms with Crippen LogP contribution in [0.25, 0.3) is 16.9 Å². The molecule has 0 unspecified atom stereocenters. The van der Waals surface area contributed by atoms with Crippen LogP contribution in [0.1, 0.15) is 37.7 Å². The van der Waals surface area contributed by atoms with Gasteiger partial charge in [0, 0.05) is 17.0 Å². The van der Waals surface area contributed by atoms with Gasteiger partial charge in [0.05, 0.1) is 0 Å². The minimum atomic E-state index is 0.729. The van der Waals surface area contributed by atoms with Gasteiger partial charge in [-0.1, -0.05) is 49.6 Å². The highest BCUT2D eigenvalue weighted by atomic mass is 32.2. The van der Waals surface area contributed by atoms with E-state index in [0.29, 0.717) is 0 Å². The van der Waals surface area contributed by atoms with Crippen LogP contribution in [0, 0.1) is 6.92 Å². The zero-order valence-corrected chi connectivity index (χ0v) is 14.4. The van der Waals surface area contributed by atoms with Crippen molar-refractivity contribution >= 4 is 17.4 Å². The lowest BCUT2D eigenvalue weighted by Crippen LogP contribution is -2.08. The van der Waals surface area contributed by atoms with Crippen molar-refractivity contribution in [3.8, 4) is 11.3 Å². The van der Waals surface area contributed by atoms with Gasteiger partial charge >= 0.3 is 0 Å². The maximum Gasteiger partial charge on any atom is 0.138 e. The summed E-state index contributed by atoms with van der Waals surface area (Å²) in [6.07, 6.45) is 8.97. The maximum absolute atomic E-state index is 4.95. The predicted octanol–water partition coefficient (Wildman–Crippen LogP) is 5.73. The number of aryl methyl sites for hydroxylation is 1. The van der Waals surface area contributed by atoms with Crippen LogP contribution < -0.4 is 0 Å². The lowest BCUT2D eigenvalue weighted by molar-refractivity contribution is 0.515. The summed E-state index contributed by atoms with van der Waals surface area (Å²) in [7, 11) is 0. The zero-order valence-electron chi connectivity index (χ0n) is 13.5. The van der Waals surface area contributed by atoms with Crippen molar-refractivity contribution in [3.63, 3.8) is 0 Å². The van der Waals surface area contributed by atoms with E-state index >= 15 is 0 Å². The quantitative estimate of drug-likeness (QED) is 0.612. The summed E-state index contributed by atoms with van der Waals surface area (Å²) in [4.78, 5) is 4.95. The molecule has 0 N–H and O–H groups in total. The van der Waals surface area contributed by atoms with Crippen LogP contribution in [0.15, 0.2) is 53.7 Å². The summed E-state index contributed by atoms with van der Waals surface area (Å²) >= 11 is 2.03. The van der Waals surface area contributed by atoms with E-state index in [1.807, 2.05) is 11.8 Å². The first-order valence-electron chi connectivity index (χ1n) is 8.52. The molecule has 1 aliphatic rings. The van der Waals surface area contributed by atoms with Gasteiger partial charge in [-0.15, -0.1) is 11.8 Å². The van der Waals surface area contributed by atoms with Crippen molar-refractivity contribution in [2.45, 2.75) is 49.3 Å².